The van der Waals surface area contributed by atoms with Gasteiger partial charge in [0.1, 0.15) is 0 Å². The maximum absolute atomic E-state index is 13.0. The van der Waals surface area contributed by atoms with Crippen LogP contribution in [-0.2, 0) is 20.1 Å². The summed E-state index contributed by atoms with van der Waals surface area (Å²) in [5, 5.41) is 15.2. The van der Waals surface area contributed by atoms with Crippen molar-refractivity contribution in [2.45, 2.75) is 46.8 Å². The quantitative estimate of drug-likeness (QED) is 0.849. The third-order valence-corrected chi connectivity index (χ3v) is 5.01. The molecule has 140 valence electrons. The van der Waals surface area contributed by atoms with Crippen LogP contribution in [0.5, 0.6) is 0 Å². The van der Waals surface area contributed by atoms with Gasteiger partial charge in [0.05, 0.1) is 18.8 Å². The number of rotatable bonds is 5. The molecule has 2 aromatic rings. The zero-order chi connectivity index (χ0) is 19.0. The molecule has 9 nitrogen and oxygen atoms in total. The first kappa shape index (κ1) is 18.1. The molecule has 0 radical (unpaired) electrons. The molecule has 0 unspecified atom stereocenters. The van der Waals surface area contributed by atoms with Gasteiger partial charge in [0.2, 0.25) is 0 Å². The fourth-order valence-electron chi connectivity index (χ4n) is 3.04. The fourth-order valence-corrected chi connectivity index (χ4v) is 3.04. The van der Waals surface area contributed by atoms with Gasteiger partial charge in [0.15, 0.2) is 11.4 Å². The van der Waals surface area contributed by atoms with E-state index in [2.05, 4.69) is 20.7 Å². The van der Waals surface area contributed by atoms with Crippen LogP contribution in [0.3, 0.4) is 0 Å². The van der Waals surface area contributed by atoms with Crippen molar-refractivity contribution in [1.29, 1.82) is 0 Å². The fraction of sp³-hybridized carbons (Fsp3) is 0.588. The van der Waals surface area contributed by atoms with Crippen LogP contribution in [0.2, 0.25) is 0 Å². The molecule has 0 aliphatic carbocycles. The predicted octanol–water partition coefficient (Wildman–Crippen LogP) is 0.750. The Hall–Kier alpha value is -2.71. The molecule has 2 aromatic heterocycles. The number of aromatic nitrogens is 5. The first-order valence-electron chi connectivity index (χ1n) is 8.84. The van der Waals surface area contributed by atoms with Crippen LogP contribution in [0.25, 0.3) is 0 Å². The third-order valence-electron chi connectivity index (χ3n) is 5.01. The largest absolute Gasteiger partial charge is 0.346 e. The summed E-state index contributed by atoms with van der Waals surface area (Å²) >= 11 is 0. The average molecular weight is 359 g/mol. The Bertz CT molecular complexity index is 836. The van der Waals surface area contributed by atoms with Crippen LogP contribution in [0, 0.1) is 12.8 Å². The molecule has 1 aliphatic heterocycles. The second kappa shape index (κ2) is 6.89. The molecule has 0 saturated heterocycles. The number of carbonyl (C=O) groups is 2. The standard InChI is InChI=1S/C17H25N7O2/c1-6-23(8-12-7-18-22(5)11(12)4)17(26)14-15-16(25)19-13(10(2)3)9-24(15)21-20-14/h7,10,13H,6,8-9H2,1-5H3,(H,19,25)/t13-/m1/s1. The third kappa shape index (κ3) is 3.09. The first-order valence-corrected chi connectivity index (χ1v) is 8.84. The maximum Gasteiger partial charge on any atom is 0.277 e. The first-order chi connectivity index (χ1) is 12.3. The summed E-state index contributed by atoms with van der Waals surface area (Å²) in [6.07, 6.45) is 1.76. The van der Waals surface area contributed by atoms with E-state index >= 15 is 0 Å². The van der Waals surface area contributed by atoms with Crippen molar-refractivity contribution >= 4 is 11.8 Å². The van der Waals surface area contributed by atoms with Gasteiger partial charge in [-0.2, -0.15) is 5.10 Å². The average Bonchev–Trinajstić information content (AvgIpc) is 3.17. The molecule has 1 N–H and O–H groups in total. The summed E-state index contributed by atoms with van der Waals surface area (Å²) in [6.45, 7) is 9.36. The molecule has 3 rings (SSSR count). The highest BCUT2D eigenvalue weighted by Crippen LogP contribution is 2.18. The number of fused-ring (bicyclic) bond motifs is 1. The molecule has 1 aliphatic rings. The molecule has 26 heavy (non-hydrogen) atoms. The van der Waals surface area contributed by atoms with E-state index < -0.39 is 0 Å². The molecule has 1 atom stereocenters. The Kier molecular flexibility index (Phi) is 4.80. The van der Waals surface area contributed by atoms with Gasteiger partial charge >= 0.3 is 0 Å². The van der Waals surface area contributed by atoms with Gasteiger partial charge in [-0.25, -0.2) is 4.68 Å². The lowest BCUT2D eigenvalue weighted by atomic mass is 10.0. The van der Waals surface area contributed by atoms with Crippen LogP contribution < -0.4 is 5.32 Å². The normalized spacial score (nSPS) is 16.5. The molecule has 3 heterocycles. The molecule has 9 heteroatoms. The van der Waals surface area contributed by atoms with Crippen LogP contribution in [0.15, 0.2) is 6.20 Å². The molecule has 2 amide bonds. The number of hydrogen-bond donors (Lipinski definition) is 1. The molecule has 0 fully saturated rings. The van der Waals surface area contributed by atoms with E-state index in [4.69, 9.17) is 0 Å². The molecular weight excluding hydrogens is 334 g/mol. The van der Waals surface area contributed by atoms with Crippen molar-refractivity contribution in [3.63, 3.8) is 0 Å². The SMILES string of the molecule is CCN(Cc1cnn(C)c1C)C(=O)c1nnn2c1C(=O)N[C@@H](C(C)C)C2. The number of nitrogens with one attached hydrogen (secondary N) is 1. The molecule has 0 aromatic carbocycles. The van der Waals surface area contributed by atoms with E-state index in [1.54, 1.807) is 20.5 Å². The Morgan fingerprint density at radius 1 is 1.46 bits per heavy atom. The summed E-state index contributed by atoms with van der Waals surface area (Å²) in [4.78, 5) is 27.2. The van der Waals surface area contributed by atoms with Gasteiger partial charge in [-0.3, -0.25) is 14.3 Å². The van der Waals surface area contributed by atoms with Gasteiger partial charge in [-0.1, -0.05) is 19.1 Å². The van der Waals surface area contributed by atoms with Crippen molar-refractivity contribution in [2.24, 2.45) is 13.0 Å². The van der Waals surface area contributed by atoms with Crippen LogP contribution >= 0.6 is 0 Å². The summed E-state index contributed by atoms with van der Waals surface area (Å²) in [5.74, 6) is -0.316. The molecular formula is C17H25N7O2. The van der Waals surface area contributed by atoms with Gasteiger partial charge in [0, 0.05) is 31.4 Å². The second-order valence-electron chi connectivity index (χ2n) is 6.99. The Labute approximate surface area is 152 Å². The van der Waals surface area contributed by atoms with Crippen molar-refractivity contribution in [2.75, 3.05) is 6.54 Å². The number of hydrogen-bond acceptors (Lipinski definition) is 5. The van der Waals surface area contributed by atoms with Crippen molar-refractivity contribution in [3.05, 3.63) is 28.8 Å². The minimum absolute atomic E-state index is 0.0139. The Balaban J connectivity index is 1.86. The van der Waals surface area contributed by atoms with E-state index in [0.29, 0.717) is 19.6 Å². The summed E-state index contributed by atoms with van der Waals surface area (Å²) < 4.78 is 3.31. The van der Waals surface area contributed by atoms with Gasteiger partial charge in [-0.05, 0) is 19.8 Å². The van der Waals surface area contributed by atoms with E-state index in [9.17, 15) is 9.59 Å². The highest BCUT2D eigenvalue weighted by molar-refractivity contribution is 6.05. The maximum atomic E-state index is 13.0. The van der Waals surface area contributed by atoms with Gasteiger partial charge in [-0.15, -0.1) is 5.10 Å². The van der Waals surface area contributed by atoms with Crippen LogP contribution in [0.4, 0.5) is 0 Å². The molecule has 0 spiro atoms. The predicted molar refractivity (Wildman–Crippen MR) is 94.5 cm³/mol. The highest BCUT2D eigenvalue weighted by atomic mass is 16.2. The summed E-state index contributed by atoms with van der Waals surface area (Å²) in [5.41, 5.74) is 2.31. The topological polar surface area (TPSA) is 97.9 Å². The number of carbonyl (C=O) groups excluding carboxylic acids is 2. The molecule has 0 saturated carbocycles. The minimum Gasteiger partial charge on any atom is -0.346 e. The zero-order valence-corrected chi connectivity index (χ0v) is 15.9. The smallest absolute Gasteiger partial charge is 0.277 e. The molecule has 0 bridgehead atoms. The van der Waals surface area contributed by atoms with E-state index in [-0.39, 0.29) is 35.2 Å². The second-order valence-corrected chi connectivity index (χ2v) is 6.99. The van der Waals surface area contributed by atoms with Crippen LogP contribution in [0.1, 0.15) is 53.0 Å². The van der Waals surface area contributed by atoms with Crippen LogP contribution in [-0.4, -0.2) is 54.1 Å². The van der Waals surface area contributed by atoms with Gasteiger partial charge in [0.25, 0.3) is 11.8 Å². The van der Waals surface area contributed by atoms with Crippen molar-refractivity contribution in [3.8, 4) is 0 Å². The van der Waals surface area contributed by atoms with E-state index in [1.807, 2.05) is 34.7 Å². The highest BCUT2D eigenvalue weighted by Gasteiger charge is 2.34. The zero-order valence-electron chi connectivity index (χ0n) is 15.9. The Morgan fingerprint density at radius 3 is 2.77 bits per heavy atom. The lowest BCUT2D eigenvalue weighted by Crippen LogP contribution is -2.48. The summed E-state index contributed by atoms with van der Waals surface area (Å²) in [7, 11) is 1.86. The van der Waals surface area contributed by atoms with E-state index in [0.717, 1.165) is 11.3 Å². The number of aryl methyl sites for hydroxylation is 1. The van der Waals surface area contributed by atoms with Crippen molar-refractivity contribution in [1.82, 2.24) is 35.0 Å². The lowest BCUT2D eigenvalue weighted by molar-refractivity contribution is 0.0735. The lowest BCUT2D eigenvalue weighted by Gasteiger charge is -2.27. The number of nitrogens with zero attached hydrogens (tertiary/aromatic N) is 6. The number of amides is 2. The summed E-state index contributed by atoms with van der Waals surface area (Å²) in [6, 6.07) is -0.0139. The van der Waals surface area contributed by atoms with Gasteiger partial charge < -0.3 is 10.2 Å². The Morgan fingerprint density at radius 2 is 2.19 bits per heavy atom. The monoisotopic (exact) mass is 359 g/mol. The minimum atomic E-state index is -0.296. The van der Waals surface area contributed by atoms with Crippen molar-refractivity contribution < 1.29 is 9.59 Å². The van der Waals surface area contributed by atoms with E-state index in [1.165, 1.54) is 0 Å².